The van der Waals surface area contributed by atoms with Gasteiger partial charge < -0.3 is 15.4 Å². The lowest BCUT2D eigenvalue weighted by Gasteiger charge is -2.15. The molecule has 1 aromatic carbocycles. The molecule has 0 radical (unpaired) electrons. The van der Waals surface area contributed by atoms with E-state index in [0.29, 0.717) is 24.2 Å². The van der Waals surface area contributed by atoms with E-state index in [0.717, 1.165) is 11.3 Å². The summed E-state index contributed by atoms with van der Waals surface area (Å²) in [5, 5.41) is 0. The maximum absolute atomic E-state index is 12.5. The molecule has 7 nitrogen and oxygen atoms in total. The standard InChI is InChI=1S/C15H14N4O3/c1-22-14(21)10-4-2-9(3-5-10)13(20)19-7-11-6-17-15(16)18-12(11)8-19/h2-6H,7-8H2,1H3,(H2,16,17,18). The average molecular weight is 298 g/mol. The molecule has 1 amide bonds. The molecule has 3 rings (SSSR count). The Hall–Kier alpha value is -2.96. The number of hydrogen-bond acceptors (Lipinski definition) is 6. The van der Waals surface area contributed by atoms with E-state index < -0.39 is 5.97 Å². The molecular formula is C15H14N4O3. The van der Waals surface area contributed by atoms with Gasteiger partial charge in [0.2, 0.25) is 5.95 Å². The van der Waals surface area contributed by atoms with Gasteiger partial charge in [0.15, 0.2) is 0 Å². The summed E-state index contributed by atoms with van der Waals surface area (Å²) in [6.07, 6.45) is 1.64. The van der Waals surface area contributed by atoms with Crippen LogP contribution in [0.25, 0.3) is 0 Å². The van der Waals surface area contributed by atoms with Gasteiger partial charge in [0, 0.05) is 23.9 Å². The predicted octanol–water partition coefficient (Wildman–Crippen LogP) is 1.00. The molecule has 0 spiro atoms. The van der Waals surface area contributed by atoms with Crippen LogP contribution < -0.4 is 5.73 Å². The van der Waals surface area contributed by atoms with E-state index >= 15 is 0 Å². The Balaban J connectivity index is 1.77. The normalized spacial score (nSPS) is 12.9. The number of rotatable bonds is 2. The molecule has 1 aliphatic heterocycles. The van der Waals surface area contributed by atoms with Crippen LogP contribution in [-0.4, -0.2) is 33.9 Å². The fourth-order valence-corrected chi connectivity index (χ4v) is 2.36. The van der Waals surface area contributed by atoms with Gasteiger partial charge in [0.05, 0.1) is 24.9 Å². The van der Waals surface area contributed by atoms with Crippen LogP contribution in [0, 0.1) is 0 Å². The lowest BCUT2D eigenvalue weighted by molar-refractivity contribution is 0.0599. The number of hydrogen-bond donors (Lipinski definition) is 1. The van der Waals surface area contributed by atoms with Gasteiger partial charge >= 0.3 is 5.97 Å². The van der Waals surface area contributed by atoms with Crippen molar-refractivity contribution in [1.29, 1.82) is 0 Å². The topological polar surface area (TPSA) is 98.4 Å². The number of nitrogens with zero attached hydrogens (tertiary/aromatic N) is 3. The smallest absolute Gasteiger partial charge is 0.337 e. The lowest BCUT2D eigenvalue weighted by Crippen LogP contribution is -2.25. The van der Waals surface area contributed by atoms with Gasteiger partial charge in [-0.25, -0.2) is 14.8 Å². The zero-order valence-electron chi connectivity index (χ0n) is 11.9. The minimum absolute atomic E-state index is 0.131. The van der Waals surface area contributed by atoms with Crippen molar-refractivity contribution in [2.24, 2.45) is 0 Å². The average Bonchev–Trinajstić information content (AvgIpc) is 2.96. The van der Waals surface area contributed by atoms with Crippen molar-refractivity contribution < 1.29 is 14.3 Å². The number of fused-ring (bicyclic) bond motifs is 1. The second-order valence-corrected chi connectivity index (χ2v) is 4.93. The number of nitrogen functional groups attached to an aromatic ring is 1. The highest BCUT2D eigenvalue weighted by molar-refractivity contribution is 5.96. The van der Waals surface area contributed by atoms with Crippen molar-refractivity contribution in [3.05, 3.63) is 52.8 Å². The van der Waals surface area contributed by atoms with Crippen LogP contribution in [0.1, 0.15) is 32.0 Å². The number of aromatic nitrogens is 2. The van der Waals surface area contributed by atoms with E-state index in [4.69, 9.17) is 5.73 Å². The SMILES string of the molecule is COC(=O)c1ccc(C(=O)N2Cc3cnc(N)nc3C2)cc1. The molecule has 2 aromatic rings. The van der Waals surface area contributed by atoms with Gasteiger partial charge in [-0.2, -0.15) is 0 Å². The Morgan fingerprint density at radius 3 is 2.55 bits per heavy atom. The number of anilines is 1. The molecule has 0 bridgehead atoms. The molecule has 0 fully saturated rings. The number of esters is 1. The number of benzene rings is 1. The first-order chi connectivity index (χ1) is 10.6. The van der Waals surface area contributed by atoms with Crippen LogP contribution in [0.15, 0.2) is 30.5 Å². The van der Waals surface area contributed by atoms with Gasteiger partial charge in [-0.05, 0) is 24.3 Å². The van der Waals surface area contributed by atoms with Gasteiger partial charge in [-0.1, -0.05) is 0 Å². The quantitative estimate of drug-likeness (QED) is 0.831. The number of amides is 1. The molecule has 22 heavy (non-hydrogen) atoms. The first kappa shape index (κ1) is 14.0. The molecule has 0 saturated carbocycles. The Morgan fingerprint density at radius 2 is 1.86 bits per heavy atom. The molecule has 0 aliphatic carbocycles. The predicted molar refractivity (Wildman–Crippen MR) is 77.8 cm³/mol. The second-order valence-electron chi connectivity index (χ2n) is 4.93. The van der Waals surface area contributed by atoms with E-state index in [1.807, 2.05) is 0 Å². The summed E-state index contributed by atoms with van der Waals surface area (Å²) < 4.78 is 4.63. The highest BCUT2D eigenvalue weighted by atomic mass is 16.5. The second kappa shape index (κ2) is 5.44. The third kappa shape index (κ3) is 2.48. The van der Waals surface area contributed by atoms with Crippen molar-refractivity contribution in [3.63, 3.8) is 0 Å². The van der Waals surface area contributed by atoms with Gasteiger partial charge in [-0.3, -0.25) is 4.79 Å². The fraction of sp³-hybridized carbons (Fsp3) is 0.200. The zero-order valence-corrected chi connectivity index (χ0v) is 11.9. The highest BCUT2D eigenvalue weighted by Gasteiger charge is 2.26. The first-order valence-corrected chi connectivity index (χ1v) is 6.66. The largest absolute Gasteiger partial charge is 0.465 e. The van der Waals surface area contributed by atoms with Crippen LogP contribution in [-0.2, 0) is 17.8 Å². The van der Waals surface area contributed by atoms with Crippen LogP contribution in [0.4, 0.5) is 5.95 Å². The third-order valence-corrected chi connectivity index (χ3v) is 3.51. The van der Waals surface area contributed by atoms with Crippen molar-refractivity contribution in [2.75, 3.05) is 12.8 Å². The molecular weight excluding hydrogens is 284 g/mol. The van der Waals surface area contributed by atoms with E-state index in [-0.39, 0.29) is 11.9 Å². The number of ether oxygens (including phenoxy) is 1. The molecule has 0 atom stereocenters. The van der Waals surface area contributed by atoms with Crippen molar-refractivity contribution in [2.45, 2.75) is 13.1 Å². The minimum atomic E-state index is -0.432. The zero-order chi connectivity index (χ0) is 15.7. The molecule has 0 unspecified atom stereocenters. The Bertz CT molecular complexity index is 743. The molecule has 1 aromatic heterocycles. The lowest BCUT2D eigenvalue weighted by atomic mass is 10.1. The van der Waals surface area contributed by atoms with E-state index in [1.54, 1.807) is 35.4 Å². The molecule has 1 aliphatic rings. The van der Waals surface area contributed by atoms with Crippen LogP contribution in [0.5, 0.6) is 0 Å². The third-order valence-electron chi connectivity index (χ3n) is 3.51. The maximum atomic E-state index is 12.5. The highest BCUT2D eigenvalue weighted by Crippen LogP contribution is 2.22. The fourth-order valence-electron chi connectivity index (χ4n) is 2.36. The Morgan fingerprint density at radius 1 is 1.18 bits per heavy atom. The molecule has 0 saturated heterocycles. The monoisotopic (exact) mass is 298 g/mol. The number of carbonyl (C=O) groups is 2. The molecule has 7 heteroatoms. The summed E-state index contributed by atoms with van der Waals surface area (Å²) in [6.45, 7) is 0.854. The molecule has 112 valence electrons. The summed E-state index contributed by atoms with van der Waals surface area (Å²) in [4.78, 5) is 33.6. The van der Waals surface area contributed by atoms with Crippen LogP contribution >= 0.6 is 0 Å². The van der Waals surface area contributed by atoms with Crippen LogP contribution in [0.2, 0.25) is 0 Å². The Labute approximate surface area is 126 Å². The summed E-state index contributed by atoms with van der Waals surface area (Å²) in [7, 11) is 1.32. The summed E-state index contributed by atoms with van der Waals surface area (Å²) in [5.74, 6) is -0.359. The number of nitrogens with two attached hydrogens (primary N) is 1. The van der Waals surface area contributed by atoms with Crippen LogP contribution in [0.3, 0.4) is 0 Å². The van der Waals surface area contributed by atoms with Crippen molar-refractivity contribution in [3.8, 4) is 0 Å². The number of methoxy groups -OCH3 is 1. The van der Waals surface area contributed by atoms with Crippen molar-refractivity contribution >= 4 is 17.8 Å². The van der Waals surface area contributed by atoms with Gasteiger partial charge in [0.25, 0.3) is 5.91 Å². The number of carbonyl (C=O) groups excluding carboxylic acids is 2. The molecule has 2 N–H and O–H groups in total. The maximum Gasteiger partial charge on any atom is 0.337 e. The minimum Gasteiger partial charge on any atom is -0.465 e. The summed E-state index contributed by atoms with van der Waals surface area (Å²) >= 11 is 0. The van der Waals surface area contributed by atoms with E-state index in [9.17, 15) is 9.59 Å². The van der Waals surface area contributed by atoms with E-state index in [2.05, 4.69) is 14.7 Å². The summed E-state index contributed by atoms with van der Waals surface area (Å²) in [6, 6.07) is 6.36. The first-order valence-electron chi connectivity index (χ1n) is 6.66. The van der Waals surface area contributed by atoms with Crippen molar-refractivity contribution in [1.82, 2.24) is 14.9 Å². The van der Waals surface area contributed by atoms with Gasteiger partial charge in [-0.15, -0.1) is 0 Å². The Kier molecular flexibility index (Phi) is 3.46. The summed E-state index contributed by atoms with van der Waals surface area (Å²) in [5.41, 5.74) is 8.13. The van der Waals surface area contributed by atoms with Gasteiger partial charge in [0.1, 0.15) is 0 Å². The van der Waals surface area contributed by atoms with E-state index in [1.165, 1.54) is 7.11 Å². The molecule has 2 heterocycles.